The van der Waals surface area contributed by atoms with Gasteiger partial charge in [0.15, 0.2) is 5.69 Å². The number of aromatic nitrogens is 3. The van der Waals surface area contributed by atoms with Crippen LogP contribution in [-0.4, -0.2) is 27.9 Å². The molecule has 0 aliphatic carbocycles. The second-order valence-electron chi connectivity index (χ2n) is 5.63. The first-order valence-corrected chi connectivity index (χ1v) is 8.52. The van der Waals surface area contributed by atoms with Gasteiger partial charge in [-0.05, 0) is 12.8 Å². The SMILES string of the molecule is Cn1ncc(N2CCCC(c3nc(C(F)(F)F)cs3)C2)c(Cl)c1=O. The van der Waals surface area contributed by atoms with E-state index < -0.39 is 17.4 Å². The van der Waals surface area contributed by atoms with Crippen LogP contribution in [0.1, 0.15) is 29.5 Å². The van der Waals surface area contributed by atoms with Gasteiger partial charge in [-0.2, -0.15) is 18.3 Å². The molecule has 2 aromatic rings. The van der Waals surface area contributed by atoms with Crippen molar-refractivity contribution in [3.8, 4) is 0 Å². The van der Waals surface area contributed by atoms with Crippen LogP contribution in [0.2, 0.25) is 5.02 Å². The topological polar surface area (TPSA) is 51.0 Å². The van der Waals surface area contributed by atoms with Crippen LogP contribution >= 0.6 is 22.9 Å². The fourth-order valence-electron chi connectivity index (χ4n) is 2.73. The monoisotopic (exact) mass is 378 g/mol. The van der Waals surface area contributed by atoms with E-state index >= 15 is 0 Å². The second-order valence-corrected chi connectivity index (χ2v) is 6.89. The summed E-state index contributed by atoms with van der Waals surface area (Å²) in [6.07, 6.45) is -1.40. The van der Waals surface area contributed by atoms with Crippen molar-refractivity contribution in [1.29, 1.82) is 0 Å². The summed E-state index contributed by atoms with van der Waals surface area (Å²) in [6, 6.07) is 0. The van der Waals surface area contributed by atoms with Gasteiger partial charge >= 0.3 is 6.18 Å². The molecule has 3 heterocycles. The number of hydrogen-bond acceptors (Lipinski definition) is 5. The first-order chi connectivity index (χ1) is 11.3. The predicted octanol–water partition coefficient (Wildman–Crippen LogP) is 3.29. The molecule has 0 radical (unpaired) electrons. The highest BCUT2D eigenvalue weighted by molar-refractivity contribution is 7.09. The Hall–Kier alpha value is -1.61. The molecule has 0 saturated carbocycles. The number of halogens is 4. The highest BCUT2D eigenvalue weighted by Crippen LogP contribution is 2.36. The number of alkyl halides is 3. The summed E-state index contributed by atoms with van der Waals surface area (Å²) in [4.78, 5) is 17.5. The zero-order chi connectivity index (χ0) is 17.5. The van der Waals surface area contributed by atoms with Crippen molar-refractivity contribution in [3.63, 3.8) is 0 Å². The predicted molar refractivity (Wildman–Crippen MR) is 85.8 cm³/mol. The Bertz CT molecular complexity index is 804. The molecule has 1 atom stereocenters. The molecule has 24 heavy (non-hydrogen) atoms. The minimum Gasteiger partial charge on any atom is -0.368 e. The van der Waals surface area contributed by atoms with Crippen molar-refractivity contribution in [1.82, 2.24) is 14.8 Å². The number of piperidine rings is 1. The van der Waals surface area contributed by atoms with Crippen molar-refractivity contribution in [3.05, 3.63) is 37.7 Å². The fourth-order valence-corrected chi connectivity index (χ4v) is 3.97. The Labute approximate surface area is 144 Å². The second kappa shape index (κ2) is 6.36. The molecule has 1 saturated heterocycles. The van der Waals surface area contributed by atoms with Crippen LogP contribution in [0.5, 0.6) is 0 Å². The molecule has 2 aromatic heterocycles. The van der Waals surface area contributed by atoms with Gasteiger partial charge in [0.2, 0.25) is 0 Å². The molecule has 5 nitrogen and oxygen atoms in total. The maximum Gasteiger partial charge on any atom is 0.434 e. The lowest BCUT2D eigenvalue weighted by molar-refractivity contribution is -0.140. The molecule has 0 amide bonds. The lowest BCUT2D eigenvalue weighted by atomic mass is 9.98. The van der Waals surface area contributed by atoms with Gasteiger partial charge in [0.05, 0.1) is 16.9 Å². The molecule has 3 rings (SSSR count). The molecule has 1 aliphatic rings. The highest BCUT2D eigenvalue weighted by atomic mass is 35.5. The van der Waals surface area contributed by atoms with E-state index in [1.54, 1.807) is 0 Å². The van der Waals surface area contributed by atoms with E-state index in [0.29, 0.717) is 23.8 Å². The van der Waals surface area contributed by atoms with Crippen LogP contribution in [0.15, 0.2) is 16.4 Å². The third kappa shape index (κ3) is 3.27. The Morgan fingerprint density at radius 3 is 2.83 bits per heavy atom. The Morgan fingerprint density at radius 2 is 2.17 bits per heavy atom. The largest absolute Gasteiger partial charge is 0.434 e. The zero-order valence-electron chi connectivity index (χ0n) is 12.7. The zero-order valence-corrected chi connectivity index (χ0v) is 14.3. The van der Waals surface area contributed by atoms with E-state index in [1.165, 1.54) is 13.2 Å². The molecular formula is C14H14ClF3N4OS. The fraction of sp³-hybridized carbons (Fsp3) is 0.500. The van der Waals surface area contributed by atoms with Gasteiger partial charge in [-0.3, -0.25) is 4.79 Å². The minimum absolute atomic E-state index is 0.0725. The third-order valence-electron chi connectivity index (χ3n) is 3.98. The van der Waals surface area contributed by atoms with Gasteiger partial charge in [0.1, 0.15) is 5.02 Å². The van der Waals surface area contributed by atoms with E-state index in [0.717, 1.165) is 34.2 Å². The van der Waals surface area contributed by atoms with Crippen LogP contribution in [0.25, 0.3) is 0 Å². The van der Waals surface area contributed by atoms with E-state index in [-0.39, 0.29) is 10.9 Å². The Morgan fingerprint density at radius 1 is 1.42 bits per heavy atom. The van der Waals surface area contributed by atoms with Crippen molar-refractivity contribution in [2.75, 3.05) is 18.0 Å². The van der Waals surface area contributed by atoms with E-state index in [9.17, 15) is 18.0 Å². The normalized spacial score (nSPS) is 18.9. The number of anilines is 1. The molecule has 10 heteroatoms. The third-order valence-corrected chi connectivity index (χ3v) is 5.35. The van der Waals surface area contributed by atoms with Crippen molar-refractivity contribution in [2.24, 2.45) is 7.05 Å². The van der Waals surface area contributed by atoms with Crippen LogP contribution in [0, 0.1) is 0 Å². The number of nitrogens with zero attached hydrogens (tertiary/aromatic N) is 4. The van der Waals surface area contributed by atoms with E-state index in [4.69, 9.17) is 11.6 Å². The lowest BCUT2D eigenvalue weighted by Gasteiger charge is -2.33. The number of rotatable bonds is 2. The van der Waals surface area contributed by atoms with Gasteiger partial charge in [-0.1, -0.05) is 11.6 Å². The number of hydrogen-bond donors (Lipinski definition) is 0. The number of thiazole rings is 1. The molecule has 1 fully saturated rings. The molecule has 0 aromatic carbocycles. The van der Waals surface area contributed by atoms with Crippen LogP contribution in [0.4, 0.5) is 18.9 Å². The maximum atomic E-state index is 12.7. The molecule has 130 valence electrons. The van der Waals surface area contributed by atoms with Crippen LogP contribution in [0.3, 0.4) is 0 Å². The smallest absolute Gasteiger partial charge is 0.368 e. The average molecular weight is 379 g/mol. The van der Waals surface area contributed by atoms with Gasteiger partial charge in [0, 0.05) is 31.4 Å². The summed E-state index contributed by atoms with van der Waals surface area (Å²) in [5.74, 6) is -0.125. The molecular weight excluding hydrogens is 365 g/mol. The minimum atomic E-state index is -4.43. The van der Waals surface area contributed by atoms with Crippen molar-refractivity contribution >= 4 is 28.6 Å². The Balaban J connectivity index is 1.84. The van der Waals surface area contributed by atoms with Crippen molar-refractivity contribution in [2.45, 2.75) is 24.9 Å². The van der Waals surface area contributed by atoms with E-state index in [1.807, 2.05) is 4.90 Å². The summed E-state index contributed by atoms with van der Waals surface area (Å²) in [7, 11) is 1.51. The molecule has 0 bridgehead atoms. The summed E-state index contributed by atoms with van der Waals surface area (Å²) >= 11 is 7.13. The molecule has 1 unspecified atom stereocenters. The first-order valence-electron chi connectivity index (χ1n) is 7.26. The van der Waals surface area contributed by atoms with E-state index in [2.05, 4.69) is 10.1 Å². The lowest BCUT2D eigenvalue weighted by Crippen LogP contribution is -2.36. The quantitative estimate of drug-likeness (QED) is 0.804. The molecule has 0 N–H and O–H groups in total. The highest BCUT2D eigenvalue weighted by Gasteiger charge is 2.35. The average Bonchev–Trinajstić information content (AvgIpc) is 3.03. The van der Waals surface area contributed by atoms with Crippen LogP contribution < -0.4 is 10.5 Å². The summed E-state index contributed by atoms with van der Waals surface area (Å²) in [5, 5.41) is 5.54. The molecule has 1 aliphatic heterocycles. The van der Waals surface area contributed by atoms with Crippen molar-refractivity contribution < 1.29 is 13.2 Å². The summed E-state index contributed by atoms with van der Waals surface area (Å²) in [6.45, 7) is 1.13. The van der Waals surface area contributed by atoms with Crippen LogP contribution in [-0.2, 0) is 13.2 Å². The van der Waals surface area contributed by atoms with Gasteiger partial charge < -0.3 is 4.90 Å². The first kappa shape index (κ1) is 17.2. The summed E-state index contributed by atoms with van der Waals surface area (Å²) in [5.41, 5.74) is -0.741. The molecule has 0 spiro atoms. The summed E-state index contributed by atoms with van der Waals surface area (Å²) < 4.78 is 39.3. The van der Waals surface area contributed by atoms with Gasteiger partial charge in [-0.25, -0.2) is 9.67 Å². The maximum absolute atomic E-state index is 12.7. The standard InChI is InChI=1S/C14H14ClF3N4OS/c1-21-13(23)11(15)9(5-19-21)22-4-2-3-8(6-22)12-20-10(7-24-12)14(16,17)18/h5,7-8H,2-4,6H2,1H3. The van der Waals surface area contributed by atoms with Gasteiger partial charge in [-0.15, -0.1) is 11.3 Å². The van der Waals surface area contributed by atoms with Gasteiger partial charge in [0.25, 0.3) is 5.56 Å². The Kier molecular flexibility index (Phi) is 4.56. The number of aryl methyl sites for hydroxylation is 1.